The van der Waals surface area contributed by atoms with Gasteiger partial charge in [0.05, 0.1) is 6.54 Å². The molecule has 6 nitrogen and oxygen atoms in total. The molecule has 0 aliphatic heterocycles. The van der Waals surface area contributed by atoms with Gasteiger partial charge in [0.2, 0.25) is 5.91 Å². The first-order valence-electron chi connectivity index (χ1n) is 8.08. The number of hydrogen-bond acceptors (Lipinski definition) is 5. The highest BCUT2D eigenvalue weighted by Crippen LogP contribution is 2.23. The Labute approximate surface area is 135 Å². The zero-order valence-electron chi connectivity index (χ0n) is 13.0. The topological polar surface area (TPSA) is 77.2 Å². The molecule has 0 saturated heterocycles. The third kappa shape index (κ3) is 4.55. The van der Waals surface area contributed by atoms with Crippen LogP contribution in [0, 0.1) is 5.92 Å². The van der Waals surface area contributed by atoms with Crippen LogP contribution in [-0.4, -0.2) is 16.0 Å². The van der Waals surface area contributed by atoms with Crippen molar-refractivity contribution in [3.63, 3.8) is 0 Å². The van der Waals surface area contributed by atoms with Crippen molar-refractivity contribution in [2.75, 3.05) is 0 Å². The Balaban J connectivity index is 1.44. The van der Waals surface area contributed by atoms with Crippen LogP contribution in [0.25, 0.3) is 0 Å². The molecule has 122 valence electrons. The van der Waals surface area contributed by atoms with Crippen LogP contribution in [-0.2, 0) is 17.9 Å². The number of carbonyl (C=O) groups excluding carboxylic acids is 1. The summed E-state index contributed by atoms with van der Waals surface area (Å²) in [4.78, 5) is 16.3. The summed E-state index contributed by atoms with van der Waals surface area (Å²) in [6.45, 7) is 0.512. The molecule has 1 aliphatic rings. The van der Waals surface area contributed by atoms with E-state index in [0.717, 1.165) is 31.4 Å². The highest BCUT2D eigenvalue weighted by Gasteiger charge is 2.21. The third-order valence-corrected chi connectivity index (χ3v) is 4.01. The van der Waals surface area contributed by atoms with E-state index in [-0.39, 0.29) is 18.4 Å². The van der Waals surface area contributed by atoms with Crippen LogP contribution in [0.2, 0.25) is 0 Å². The molecule has 0 unspecified atom stereocenters. The Kier molecular flexibility index (Phi) is 5.24. The van der Waals surface area contributed by atoms with E-state index in [1.807, 2.05) is 30.3 Å². The summed E-state index contributed by atoms with van der Waals surface area (Å²) in [7, 11) is 0. The van der Waals surface area contributed by atoms with Crippen molar-refractivity contribution in [1.82, 2.24) is 15.5 Å². The number of ether oxygens (including phenoxy) is 1. The van der Waals surface area contributed by atoms with Crippen molar-refractivity contribution in [3.8, 4) is 5.75 Å². The lowest BCUT2D eigenvalue weighted by Crippen LogP contribution is -2.31. The Morgan fingerprint density at radius 2 is 2.00 bits per heavy atom. The maximum absolute atomic E-state index is 12.1. The fourth-order valence-electron chi connectivity index (χ4n) is 2.76. The fraction of sp³-hybridized carbons (Fsp3) is 0.471. The maximum Gasteiger partial charge on any atom is 0.264 e. The van der Waals surface area contributed by atoms with E-state index in [4.69, 9.17) is 9.26 Å². The average Bonchev–Trinajstić information content (AvgIpc) is 3.07. The number of nitrogens with zero attached hydrogens (tertiary/aromatic N) is 2. The predicted octanol–water partition coefficient (Wildman–Crippen LogP) is 2.85. The van der Waals surface area contributed by atoms with E-state index in [1.165, 1.54) is 6.42 Å². The van der Waals surface area contributed by atoms with Gasteiger partial charge in [0.25, 0.3) is 5.89 Å². The van der Waals surface area contributed by atoms with Crippen molar-refractivity contribution < 1.29 is 14.1 Å². The normalized spacial score (nSPS) is 15.3. The Bertz CT molecular complexity index is 621. The van der Waals surface area contributed by atoms with E-state index in [1.54, 1.807) is 0 Å². The number of carbonyl (C=O) groups is 1. The highest BCUT2D eigenvalue weighted by atomic mass is 16.5. The van der Waals surface area contributed by atoms with Gasteiger partial charge in [0.15, 0.2) is 12.4 Å². The number of rotatable bonds is 6. The Morgan fingerprint density at radius 1 is 1.22 bits per heavy atom. The largest absolute Gasteiger partial charge is 0.484 e. The summed E-state index contributed by atoms with van der Waals surface area (Å²) < 4.78 is 10.7. The summed E-state index contributed by atoms with van der Waals surface area (Å²) in [6, 6.07) is 9.45. The second-order valence-corrected chi connectivity index (χ2v) is 5.76. The lowest BCUT2D eigenvalue weighted by molar-refractivity contribution is -0.126. The van der Waals surface area contributed by atoms with Gasteiger partial charge >= 0.3 is 0 Å². The van der Waals surface area contributed by atoms with Crippen molar-refractivity contribution >= 4 is 5.91 Å². The Hall–Kier alpha value is -2.37. The smallest absolute Gasteiger partial charge is 0.264 e. The minimum Gasteiger partial charge on any atom is -0.484 e. The lowest BCUT2D eigenvalue weighted by atomic mass is 9.89. The molecule has 2 aromatic rings. The van der Waals surface area contributed by atoms with Gasteiger partial charge in [-0.05, 0) is 25.0 Å². The van der Waals surface area contributed by atoms with Gasteiger partial charge in [0, 0.05) is 5.92 Å². The molecule has 1 N–H and O–H groups in total. The van der Waals surface area contributed by atoms with E-state index in [0.29, 0.717) is 18.3 Å². The monoisotopic (exact) mass is 315 g/mol. The summed E-state index contributed by atoms with van der Waals surface area (Å²) in [6.07, 6.45) is 5.48. The second-order valence-electron chi connectivity index (χ2n) is 5.76. The number of amides is 1. The zero-order chi connectivity index (χ0) is 15.9. The fourth-order valence-corrected chi connectivity index (χ4v) is 2.76. The third-order valence-electron chi connectivity index (χ3n) is 4.01. The molecule has 1 fully saturated rings. The molecule has 3 rings (SSSR count). The second kappa shape index (κ2) is 7.76. The van der Waals surface area contributed by atoms with Gasteiger partial charge in [0.1, 0.15) is 5.75 Å². The van der Waals surface area contributed by atoms with E-state index in [2.05, 4.69) is 15.5 Å². The van der Waals surface area contributed by atoms with Crippen molar-refractivity contribution in [1.29, 1.82) is 0 Å². The molecular weight excluding hydrogens is 294 g/mol. The van der Waals surface area contributed by atoms with Crippen LogP contribution in [0.1, 0.15) is 43.8 Å². The predicted molar refractivity (Wildman–Crippen MR) is 83.5 cm³/mol. The summed E-state index contributed by atoms with van der Waals surface area (Å²) in [5, 5.41) is 6.76. The molecular formula is C17H21N3O3. The lowest BCUT2D eigenvalue weighted by Gasteiger charge is -2.20. The van der Waals surface area contributed by atoms with E-state index < -0.39 is 0 Å². The molecule has 1 aromatic heterocycles. The molecule has 1 amide bonds. The molecule has 1 heterocycles. The summed E-state index contributed by atoms with van der Waals surface area (Å²) >= 11 is 0. The van der Waals surface area contributed by atoms with Crippen molar-refractivity contribution in [2.24, 2.45) is 5.92 Å². The molecule has 0 bridgehead atoms. The first-order valence-corrected chi connectivity index (χ1v) is 8.08. The molecule has 1 saturated carbocycles. The number of hydrogen-bond donors (Lipinski definition) is 1. The zero-order valence-corrected chi connectivity index (χ0v) is 13.0. The van der Waals surface area contributed by atoms with Crippen LogP contribution < -0.4 is 10.1 Å². The maximum atomic E-state index is 12.1. The highest BCUT2D eigenvalue weighted by molar-refractivity contribution is 5.78. The van der Waals surface area contributed by atoms with E-state index >= 15 is 0 Å². The molecule has 0 spiro atoms. The quantitative estimate of drug-likeness (QED) is 0.887. The first kappa shape index (κ1) is 15.5. The van der Waals surface area contributed by atoms with Gasteiger partial charge in [-0.1, -0.05) is 42.6 Å². The Morgan fingerprint density at radius 3 is 2.78 bits per heavy atom. The van der Waals surface area contributed by atoms with Crippen molar-refractivity contribution in [3.05, 3.63) is 42.0 Å². The molecule has 6 heteroatoms. The number of para-hydroxylation sites is 1. The van der Waals surface area contributed by atoms with Crippen LogP contribution >= 0.6 is 0 Å². The van der Waals surface area contributed by atoms with Crippen LogP contribution in [0.3, 0.4) is 0 Å². The average molecular weight is 315 g/mol. The van der Waals surface area contributed by atoms with Crippen LogP contribution in [0.5, 0.6) is 5.75 Å². The minimum atomic E-state index is 0.0941. The minimum absolute atomic E-state index is 0.0941. The van der Waals surface area contributed by atoms with Gasteiger partial charge < -0.3 is 14.6 Å². The number of nitrogens with one attached hydrogen (secondary N) is 1. The van der Waals surface area contributed by atoms with Crippen molar-refractivity contribution in [2.45, 2.75) is 45.3 Å². The SMILES string of the molecule is O=C(NCc1noc(COc2ccccc2)n1)C1CCCCC1. The molecule has 0 radical (unpaired) electrons. The molecule has 1 aliphatic carbocycles. The van der Waals surface area contributed by atoms with Gasteiger partial charge in [-0.3, -0.25) is 4.79 Å². The van der Waals surface area contributed by atoms with E-state index in [9.17, 15) is 4.79 Å². The van der Waals surface area contributed by atoms with Crippen LogP contribution in [0.15, 0.2) is 34.9 Å². The molecule has 23 heavy (non-hydrogen) atoms. The molecule has 1 aromatic carbocycles. The summed E-state index contributed by atoms with van der Waals surface area (Å²) in [5.74, 6) is 1.85. The van der Waals surface area contributed by atoms with Gasteiger partial charge in [-0.25, -0.2) is 0 Å². The van der Waals surface area contributed by atoms with Crippen LogP contribution in [0.4, 0.5) is 0 Å². The summed E-state index contributed by atoms with van der Waals surface area (Å²) in [5.41, 5.74) is 0. The standard InChI is InChI=1S/C17H21N3O3/c21-17(13-7-3-1-4-8-13)18-11-15-19-16(23-20-15)12-22-14-9-5-2-6-10-14/h2,5-6,9-10,13H,1,3-4,7-8,11-12H2,(H,18,21). The number of benzene rings is 1. The number of aromatic nitrogens is 2. The van der Waals surface area contributed by atoms with Gasteiger partial charge in [-0.2, -0.15) is 4.98 Å². The molecule has 0 atom stereocenters. The first-order chi connectivity index (χ1) is 11.3. The van der Waals surface area contributed by atoms with Gasteiger partial charge in [-0.15, -0.1) is 0 Å².